The lowest BCUT2D eigenvalue weighted by atomic mass is 9.94. The van der Waals surface area contributed by atoms with E-state index in [-0.39, 0.29) is 26.9 Å². The number of anilines is 1. The number of aryl methyl sites for hydroxylation is 2. The van der Waals surface area contributed by atoms with Gasteiger partial charge >= 0.3 is 0 Å². The van der Waals surface area contributed by atoms with Crippen LogP contribution in [0.3, 0.4) is 0 Å². The molecule has 1 saturated heterocycles. The molecule has 5 nitrogen and oxygen atoms in total. The fraction of sp³-hybridized carbons (Fsp3) is 0.154. The smallest absolute Gasteiger partial charge is 0.300 e. The van der Waals surface area contributed by atoms with Gasteiger partial charge in [0.1, 0.15) is 11.5 Å². The summed E-state index contributed by atoms with van der Waals surface area (Å²) in [6.45, 7) is 3.91. The van der Waals surface area contributed by atoms with Crippen LogP contribution in [-0.4, -0.2) is 23.9 Å². The molecule has 33 heavy (non-hydrogen) atoms. The molecule has 1 heterocycles. The monoisotopic (exact) mass is 481 g/mol. The van der Waals surface area contributed by atoms with Gasteiger partial charge in [0.25, 0.3) is 11.7 Å². The number of carbonyl (C=O) groups is 2. The van der Waals surface area contributed by atoms with Gasteiger partial charge in [0.2, 0.25) is 0 Å². The van der Waals surface area contributed by atoms with Crippen LogP contribution in [0.1, 0.15) is 28.3 Å². The zero-order valence-corrected chi connectivity index (χ0v) is 19.7. The van der Waals surface area contributed by atoms with E-state index in [4.69, 9.17) is 27.9 Å². The summed E-state index contributed by atoms with van der Waals surface area (Å²) in [6.07, 6.45) is 0. The number of hydrogen-bond donors (Lipinski definition) is 1. The summed E-state index contributed by atoms with van der Waals surface area (Å²) >= 11 is 12.4. The second kappa shape index (κ2) is 8.93. The molecule has 4 rings (SSSR count). The van der Waals surface area contributed by atoms with Gasteiger partial charge in [-0.3, -0.25) is 14.5 Å². The first kappa shape index (κ1) is 22.9. The second-order valence-corrected chi connectivity index (χ2v) is 8.66. The maximum Gasteiger partial charge on any atom is 0.300 e. The summed E-state index contributed by atoms with van der Waals surface area (Å²) in [4.78, 5) is 28.0. The minimum absolute atomic E-state index is 0.0685. The van der Waals surface area contributed by atoms with E-state index in [1.54, 1.807) is 18.2 Å². The van der Waals surface area contributed by atoms with E-state index in [1.807, 2.05) is 44.2 Å². The van der Waals surface area contributed by atoms with E-state index in [0.717, 1.165) is 11.1 Å². The van der Waals surface area contributed by atoms with Crippen molar-refractivity contribution in [3.05, 3.63) is 98.5 Å². The zero-order valence-electron chi connectivity index (χ0n) is 18.2. The third kappa shape index (κ3) is 3.99. The maximum atomic E-state index is 13.3. The summed E-state index contributed by atoms with van der Waals surface area (Å²) in [5.41, 5.74) is 3.33. The number of aliphatic hydroxyl groups is 1. The van der Waals surface area contributed by atoms with Gasteiger partial charge in [0, 0.05) is 10.7 Å². The summed E-state index contributed by atoms with van der Waals surface area (Å²) in [6, 6.07) is 16.7. The zero-order chi connectivity index (χ0) is 23.9. The molecule has 0 saturated carbocycles. The Labute approximate surface area is 201 Å². The first-order valence-corrected chi connectivity index (χ1v) is 11.0. The van der Waals surface area contributed by atoms with E-state index < -0.39 is 23.5 Å². The molecule has 1 aliphatic rings. The largest absolute Gasteiger partial charge is 0.507 e. The first-order chi connectivity index (χ1) is 15.7. The van der Waals surface area contributed by atoms with Crippen LogP contribution in [0, 0.1) is 13.8 Å². The van der Waals surface area contributed by atoms with Crippen LogP contribution in [-0.2, 0) is 9.59 Å². The standard InChI is InChI=1S/C26H21Cl2NO4/c1-14-9-10-18(11-15(14)2)29-22(16-7-5-4-6-8-16)21(24(31)26(29)32)23(30)19-12-17(27)13-20(28)25(19)33-3/h4-13,22,30H,1-3H3/b23-21+. The molecular weight excluding hydrogens is 461 g/mol. The number of ether oxygens (including phenoxy) is 1. The van der Waals surface area contributed by atoms with Gasteiger partial charge in [-0.25, -0.2) is 0 Å². The van der Waals surface area contributed by atoms with Gasteiger partial charge in [-0.1, -0.05) is 59.6 Å². The van der Waals surface area contributed by atoms with Crippen molar-refractivity contribution in [2.24, 2.45) is 0 Å². The number of methoxy groups -OCH3 is 1. The van der Waals surface area contributed by atoms with Gasteiger partial charge in [-0.15, -0.1) is 0 Å². The molecule has 7 heteroatoms. The molecule has 1 atom stereocenters. The van der Waals surface area contributed by atoms with Gasteiger partial charge in [0.15, 0.2) is 0 Å². The summed E-state index contributed by atoms with van der Waals surface area (Å²) < 4.78 is 5.36. The van der Waals surface area contributed by atoms with Crippen molar-refractivity contribution in [3.63, 3.8) is 0 Å². The van der Waals surface area contributed by atoms with E-state index in [2.05, 4.69) is 0 Å². The molecule has 1 aliphatic heterocycles. The highest BCUT2D eigenvalue weighted by Gasteiger charge is 2.47. The fourth-order valence-corrected chi connectivity index (χ4v) is 4.58. The van der Waals surface area contributed by atoms with Crippen LogP contribution in [0.4, 0.5) is 5.69 Å². The Balaban J connectivity index is 2.00. The first-order valence-electron chi connectivity index (χ1n) is 10.2. The third-order valence-corrected chi connectivity index (χ3v) is 6.29. The molecule has 3 aromatic rings. The molecule has 1 fully saturated rings. The summed E-state index contributed by atoms with van der Waals surface area (Å²) in [5, 5.41) is 11.8. The van der Waals surface area contributed by atoms with Crippen LogP contribution in [0.5, 0.6) is 5.75 Å². The molecule has 1 unspecified atom stereocenters. The van der Waals surface area contributed by atoms with Crippen molar-refractivity contribution in [1.82, 2.24) is 0 Å². The molecule has 0 aliphatic carbocycles. The minimum atomic E-state index is -0.851. The van der Waals surface area contributed by atoms with Gasteiger partial charge in [-0.2, -0.15) is 0 Å². The third-order valence-electron chi connectivity index (χ3n) is 5.80. The topological polar surface area (TPSA) is 66.8 Å². The number of amides is 1. The Hall–Kier alpha value is -3.28. The van der Waals surface area contributed by atoms with Crippen LogP contribution < -0.4 is 9.64 Å². The van der Waals surface area contributed by atoms with E-state index in [0.29, 0.717) is 11.3 Å². The number of rotatable bonds is 4. The molecule has 168 valence electrons. The number of ketones is 1. The number of benzene rings is 3. The quantitative estimate of drug-likeness (QED) is 0.271. The average Bonchev–Trinajstić information content (AvgIpc) is 3.06. The molecule has 0 spiro atoms. The lowest BCUT2D eigenvalue weighted by Gasteiger charge is -2.26. The molecular formula is C26H21Cl2NO4. The Morgan fingerprint density at radius 3 is 2.30 bits per heavy atom. The Morgan fingerprint density at radius 2 is 1.67 bits per heavy atom. The maximum absolute atomic E-state index is 13.3. The Kier molecular flexibility index (Phi) is 6.19. The lowest BCUT2D eigenvalue weighted by molar-refractivity contribution is -0.132. The van der Waals surface area contributed by atoms with E-state index in [1.165, 1.54) is 24.1 Å². The Morgan fingerprint density at radius 1 is 0.970 bits per heavy atom. The number of hydrogen-bond acceptors (Lipinski definition) is 4. The predicted octanol–water partition coefficient (Wildman–Crippen LogP) is 6.25. The highest BCUT2D eigenvalue weighted by Crippen LogP contribution is 2.45. The molecule has 0 radical (unpaired) electrons. The highest BCUT2D eigenvalue weighted by molar-refractivity contribution is 6.52. The highest BCUT2D eigenvalue weighted by atomic mass is 35.5. The van der Waals surface area contributed by atoms with Crippen molar-refractivity contribution < 1.29 is 19.4 Å². The average molecular weight is 482 g/mol. The number of halogens is 2. The Bertz CT molecular complexity index is 1300. The molecule has 1 amide bonds. The number of aliphatic hydroxyl groups excluding tert-OH is 1. The molecule has 0 aromatic heterocycles. The van der Waals surface area contributed by atoms with Crippen molar-refractivity contribution >= 4 is 46.3 Å². The number of nitrogens with zero attached hydrogens (tertiary/aromatic N) is 1. The lowest BCUT2D eigenvalue weighted by Crippen LogP contribution is -2.29. The van der Waals surface area contributed by atoms with Crippen molar-refractivity contribution in [3.8, 4) is 5.75 Å². The van der Waals surface area contributed by atoms with Gasteiger partial charge in [0.05, 0.1) is 29.3 Å². The predicted molar refractivity (Wildman–Crippen MR) is 130 cm³/mol. The van der Waals surface area contributed by atoms with Crippen LogP contribution in [0.2, 0.25) is 10.0 Å². The summed E-state index contributed by atoms with van der Waals surface area (Å²) in [7, 11) is 1.40. The van der Waals surface area contributed by atoms with E-state index >= 15 is 0 Å². The van der Waals surface area contributed by atoms with Crippen molar-refractivity contribution in [2.45, 2.75) is 19.9 Å². The van der Waals surface area contributed by atoms with Gasteiger partial charge < -0.3 is 9.84 Å². The van der Waals surface area contributed by atoms with Crippen LogP contribution in [0.15, 0.2) is 66.2 Å². The normalized spacial score (nSPS) is 17.5. The van der Waals surface area contributed by atoms with Gasteiger partial charge in [-0.05, 0) is 54.8 Å². The van der Waals surface area contributed by atoms with Crippen LogP contribution >= 0.6 is 23.2 Å². The van der Waals surface area contributed by atoms with E-state index in [9.17, 15) is 14.7 Å². The number of carbonyl (C=O) groups excluding carboxylic acids is 2. The summed E-state index contributed by atoms with van der Waals surface area (Å²) in [5.74, 6) is -1.80. The minimum Gasteiger partial charge on any atom is -0.507 e. The SMILES string of the molecule is COc1c(Cl)cc(Cl)cc1/C(O)=C1\C(=O)C(=O)N(c2ccc(C)c(C)c2)C1c1ccccc1. The molecule has 1 N–H and O–H groups in total. The van der Waals surface area contributed by atoms with Crippen LogP contribution in [0.25, 0.3) is 5.76 Å². The van der Waals surface area contributed by atoms with Crippen molar-refractivity contribution in [1.29, 1.82) is 0 Å². The molecule has 0 bridgehead atoms. The number of Topliss-reactive ketones (excluding diaryl/α,β-unsaturated/α-hetero) is 1. The van der Waals surface area contributed by atoms with Crippen molar-refractivity contribution in [2.75, 3.05) is 12.0 Å². The second-order valence-electron chi connectivity index (χ2n) is 7.82. The fourth-order valence-electron chi connectivity index (χ4n) is 4.01. The molecule has 3 aromatic carbocycles.